The molecule has 5 nitrogen and oxygen atoms in total. The number of hydrogen-bond acceptors (Lipinski definition) is 4. The Hall–Kier alpha value is -2.82. The lowest BCUT2D eigenvalue weighted by Crippen LogP contribution is -2.21. The van der Waals surface area contributed by atoms with Crippen LogP contribution in [0, 0.1) is 5.92 Å². The van der Waals surface area contributed by atoms with Gasteiger partial charge in [-0.2, -0.15) is 5.10 Å². The molecular weight excluding hydrogens is 316 g/mol. The number of ether oxygens (including phenoxy) is 2. The van der Waals surface area contributed by atoms with Crippen LogP contribution < -0.4 is 14.9 Å². The Labute approximate surface area is 147 Å². The molecule has 2 atom stereocenters. The van der Waals surface area contributed by atoms with Crippen LogP contribution in [0.2, 0.25) is 0 Å². The second-order valence-corrected chi connectivity index (χ2v) is 6.10. The molecule has 0 heterocycles. The second-order valence-electron chi connectivity index (χ2n) is 6.10. The molecule has 0 aromatic heterocycles. The Balaban J connectivity index is 1.65. The molecule has 0 unspecified atom stereocenters. The van der Waals surface area contributed by atoms with Crippen LogP contribution in [-0.4, -0.2) is 25.8 Å². The number of methoxy groups -OCH3 is 2. The third-order valence-electron chi connectivity index (χ3n) is 4.49. The van der Waals surface area contributed by atoms with E-state index in [1.54, 1.807) is 20.3 Å². The Morgan fingerprint density at radius 1 is 1.12 bits per heavy atom. The van der Waals surface area contributed by atoms with Crippen molar-refractivity contribution < 1.29 is 14.3 Å². The van der Waals surface area contributed by atoms with E-state index in [4.69, 9.17) is 9.47 Å². The molecule has 1 amide bonds. The summed E-state index contributed by atoms with van der Waals surface area (Å²) in [6.07, 6.45) is 0.871. The van der Waals surface area contributed by atoms with E-state index in [2.05, 4.69) is 22.7 Å². The zero-order valence-electron chi connectivity index (χ0n) is 14.7. The Morgan fingerprint density at radius 3 is 2.56 bits per heavy atom. The number of amides is 1. The minimum atomic E-state index is -0.0410. The first-order chi connectivity index (χ1) is 12.1. The highest BCUT2D eigenvalue weighted by atomic mass is 16.5. The van der Waals surface area contributed by atoms with E-state index in [0.717, 1.165) is 12.0 Å². The van der Waals surface area contributed by atoms with Gasteiger partial charge in [-0.05, 0) is 37.0 Å². The van der Waals surface area contributed by atoms with Crippen molar-refractivity contribution in [2.75, 3.05) is 14.2 Å². The highest BCUT2D eigenvalue weighted by Gasteiger charge is 2.43. The number of nitrogens with one attached hydrogen (secondary N) is 1. The molecule has 0 bridgehead atoms. The summed E-state index contributed by atoms with van der Waals surface area (Å²) in [4.78, 5) is 12.3. The largest absolute Gasteiger partial charge is 0.497 e. The standard InChI is InChI=1S/C20H22N2O3/c1-13(16-10-9-15(24-2)11-19(16)25-3)21-22-20(23)18-12-17(18)14-7-5-4-6-8-14/h4-11,17-18H,12H2,1-3H3,(H,22,23)/b21-13-/t17-,18-/m0/s1. The SMILES string of the molecule is COc1ccc(/C(C)=N\NC(=O)[C@H]2C[C@H]2c2ccccc2)c(OC)c1. The summed E-state index contributed by atoms with van der Waals surface area (Å²) in [7, 11) is 3.20. The van der Waals surface area contributed by atoms with Gasteiger partial charge in [0.2, 0.25) is 5.91 Å². The molecule has 1 aliphatic rings. The van der Waals surface area contributed by atoms with E-state index in [1.165, 1.54) is 5.56 Å². The van der Waals surface area contributed by atoms with Crippen LogP contribution in [0.15, 0.2) is 53.6 Å². The highest BCUT2D eigenvalue weighted by Crippen LogP contribution is 2.47. The molecule has 0 aliphatic heterocycles. The lowest BCUT2D eigenvalue weighted by atomic mass is 10.1. The van der Waals surface area contributed by atoms with Gasteiger partial charge in [-0.1, -0.05) is 30.3 Å². The number of hydrogen-bond donors (Lipinski definition) is 1. The fourth-order valence-electron chi connectivity index (χ4n) is 2.93. The summed E-state index contributed by atoms with van der Waals surface area (Å²) in [6, 6.07) is 15.6. The molecule has 1 aliphatic carbocycles. The lowest BCUT2D eigenvalue weighted by Gasteiger charge is -2.10. The summed E-state index contributed by atoms with van der Waals surface area (Å²) < 4.78 is 10.6. The first kappa shape index (κ1) is 17.0. The van der Waals surface area contributed by atoms with E-state index >= 15 is 0 Å². The van der Waals surface area contributed by atoms with E-state index in [1.807, 2.05) is 37.3 Å². The minimum Gasteiger partial charge on any atom is -0.497 e. The van der Waals surface area contributed by atoms with E-state index in [0.29, 0.717) is 23.1 Å². The molecule has 1 saturated carbocycles. The predicted molar refractivity (Wildman–Crippen MR) is 97.2 cm³/mol. The second kappa shape index (κ2) is 7.38. The number of nitrogens with zero attached hydrogens (tertiary/aromatic N) is 1. The van der Waals surface area contributed by atoms with Crippen molar-refractivity contribution in [2.24, 2.45) is 11.0 Å². The molecule has 2 aromatic carbocycles. The fraction of sp³-hybridized carbons (Fsp3) is 0.300. The molecule has 1 fully saturated rings. The number of rotatable bonds is 6. The van der Waals surface area contributed by atoms with Crippen molar-refractivity contribution in [1.29, 1.82) is 0 Å². The maximum absolute atomic E-state index is 12.3. The van der Waals surface area contributed by atoms with Gasteiger partial charge in [-0.25, -0.2) is 5.43 Å². The van der Waals surface area contributed by atoms with Crippen LogP contribution >= 0.6 is 0 Å². The molecule has 3 rings (SSSR count). The molecule has 0 spiro atoms. The smallest absolute Gasteiger partial charge is 0.243 e. The van der Waals surface area contributed by atoms with Crippen molar-refractivity contribution >= 4 is 11.6 Å². The van der Waals surface area contributed by atoms with Crippen LogP contribution in [0.4, 0.5) is 0 Å². The van der Waals surface area contributed by atoms with Gasteiger partial charge in [-0.15, -0.1) is 0 Å². The van der Waals surface area contributed by atoms with Crippen LogP contribution in [0.1, 0.15) is 30.4 Å². The molecule has 1 N–H and O–H groups in total. The molecule has 0 radical (unpaired) electrons. The topological polar surface area (TPSA) is 59.9 Å². The molecular formula is C20H22N2O3. The molecule has 5 heteroatoms. The summed E-state index contributed by atoms with van der Waals surface area (Å²) >= 11 is 0. The van der Waals surface area contributed by atoms with Crippen molar-refractivity contribution in [2.45, 2.75) is 19.3 Å². The van der Waals surface area contributed by atoms with Gasteiger partial charge in [-0.3, -0.25) is 4.79 Å². The monoisotopic (exact) mass is 338 g/mol. The van der Waals surface area contributed by atoms with Gasteiger partial charge in [0.25, 0.3) is 0 Å². The van der Waals surface area contributed by atoms with Crippen LogP contribution in [-0.2, 0) is 4.79 Å². The van der Waals surface area contributed by atoms with Gasteiger partial charge in [0.05, 0.1) is 19.9 Å². The molecule has 130 valence electrons. The quantitative estimate of drug-likeness (QED) is 0.649. The number of benzene rings is 2. The van der Waals surface area contributed by atoms with E-state index < -0.39 is 0 Å². The Morgan fingerprint density at radius 2 is 1.88 bits per heavy atom. The molecule has 0 saturated heterocycles. The van der Waals surface area contributed by atoms with Gasteiger partial charge in [0.15, 0.2) is 0 Å². The predicted octanol–water partition coefficient (Wildman–Crippen LogP) is 3.35. The van der Waals surface area contributed by atoms with Crippen molar-refractivity contribution in [3.8, 4) is 11.5 Å². The zero-order valence-corrected chi connectivity index (χ0v) is 14.7. The normalized spacial score (nSPS) is 19.2. The first-order valence-electron chi connectivity index (χ1n) is 8.25. The summed E-state index contributed by atoms with van der Waals surface area (Å²) in [6.45, 7) is 1.84. The lowest BCUT2D eigenvalue weighted by molar-refractivity contribution is -0.122. The summed E-state index contributed by atoms with van der Waals surface area (Å²) in [5, 5.41) is 4.24. The van der Waals surface area contributed by atoms with Crippen molar-refractivity contribution in [3.05, 3.63) is 59.7 Å². The van der Waals surface area contributed by atoms with Crippen LogP contribution in [0.5, 0.6) is 11.5 Å². The number of carbonyl (C=O) groups excluding carboxylic acids is 1. The van der Waals surface area contributed by atoms with Gasteiger partial charge >= 0.3 is 0 Å². The Kier molecular flexibility index (Phi) is 5.03. The van der Waals surface area contributed by atoms with Gasteiger partial charge < -0.3 is 9.47 Å². The highest BCUT2D eigenvalue weighted by molar-refractivity contribution is 6.02. The summed E-state index contributed by atoms with van der Waals surface area (Å²) in [5.74, 6) is 1.62. The minimum absolute atomic E-state index is 0.00304. The van der Waals surface area contributed by atoms with Gasteiger partial charge in [0.1, 0.15) is 11.5 Å². The first-order valence-corrected chi connectivity index (χ1v) is 8.25. The molecule has 25 heavy (non-hydrogen) atoms. The van der Waals surface area contributed by atoms with Crippen LogP contribution in [0.3, 0.4) is 0 Å². The van der Waals surface area contributed by atoms with Gasteiger partial charge in [0, 0.05) is 17.5 Å². The van der Waals surface area contributed by atoms with E-state index in [-0.39, 0.29) is 11.8 Å². The van der Waals surface area contributed by atoms with Crippen molar-refractivity contribution in [1.82, 2.24) is 5.43 Å². The zero-order chi connectivity index (χ0) is 17.8. The fourth-order valence-corrected chi connectivity index (χ4v) is 2.93. The maximum atomic E-state index is 12.3. The third kappa shape index (κ3) is 3.82. The average Bonchev–Trinajstić information content (AvgIpc) is 3.47. The third-order valence-corrected chi connectivity index (χ3v) is 4.49. The Bertz CT molecular complexity index is 787. The molecule has 2 aromatic rings. The summed E-state index contributed by atoms with van der Waals surface area (Å²) in [5.41, 5.74) is 5.40. The van der Waals surface area contributed by atoms with E-state index in [9.17, 15) is 4.79 Å². The number of carbonyl (C=O) groups is 1. The van der Waals surface area contributed by atoms with Crippen molar-refractivity contribution in [3.63, 3.8) is 0 Å². The maximum Gasteiger partial charge on any atom is 0.243 e. The average molecular weight is 338 g/mol. The number of hydrazone groups is 1. The van der Waals surface area contributed by atoms with Crippen LogP contribution in [0.25, 0.3) is 0 Å².